The molecule has 0 saturated carbocycles. The maximum Gasteiger partial charge on any atom is 0.410 e. The largest absolute Gasteiger partial charge is 0.410 e. The summed E-state index contributed by atoms with van der Waals surface area (Å²) in [6.45, 7) is 1.94. The molecule has 1 aromatic heterocycles. The van der Waals surface area contributed by atoms with Crippen LogP contribution in [0.2, 0.25) is 5.02 Å². The second kappa shape index (κ2) is 9.53. The zero-order chi connectivity index (χ0) is 21.6. The van der Waals surface area contributed by atoms with Crippen LogP contribution < -0.4 is 26.0 Å². The number of nitrogens with one attached hydrogen (secondary N) is 2. The smallest absolute Gasteiger partial charge is 0.408 e. The van der Waals surface area contributed by atoms with E-state index in [9.17, 15) is 4.79 Å². The van der Waals surface area contributed by atoms with Gasteiger partial charge in [-0.2, -0.15) is 4.98 Å². The fourth-order valence-corrected chi connectivity index (χ4v) is 3.59. The number of anilines is 5. The van der Waals surface area contributed by atoms with Crippen molar-refractivity contribution in [2.75, 3.05) is 28.6 Å². The number of carbonyl (C=O) groups excluding carboxylic acids is 1. The summed E-state index contributed by atoms with van der Waals surface area (Å²) < 4.78 is 5.25. The lowest BCUT2D eigenvalue weighted by atomic mass is 10.1. The molecule has 1 fully saturated rings. The first-order chi connectivity index (χ1) is 15.1. The molecule has 1 aliphatic rings. The van der Waals surface area contributed by atoms with E-state index in [0.717, 1.165) is 37.3 Å². The van der Waals surface area contributed by atoms with Crippen molar-refractivity contribution in [3.05, 3.63) is 59.8 Å². The van der Waals surface area contributed by atoms with Crippen molar-refractivity contribution in [3.8, 4) is 5.75 Å². The number of aromatic nitrogens is 2. The Morgan fingerprint density at radius 1 is 1.06 bits per heavy atom. The molecule has 0 atom stereocenters. The third kappa shape index (κ3) is 5.35. The zero-order valence-electron chi connectivity index (χ0n) is 16.8. The lowest BCUT2D eigenvalue weighted by Crippen LogP contribution is -2.29. The molecule has 0 spiro atoms. The summed E-state index contributed by atoms with van der Waals surface area (Å²) in [5.41, 5.74) is 7.63. The van der Waals surface area contributed by atoms with Crippen molar-refractivity contribution in [2.24, 2.45) is 5.73 Å². The minimum Gasteiger partial charge on any atom is -0.408 e. The van der Waals surface area contributed by atoms with Crippen LogP contribution in [0.15, 0.2) is 54.7 Å². The number of primary amides is 1. The minimum atomic E-state index is -0.887. The van der Waals surface area contributed by atoms with Gasteiger partial charge in [-0.15, -0.1) is 0 Å². The fourth-order valence-electron chi connectivity index (χ4n) is 3.45. The Bertz CT molecular complexity index is 1060. The van der Waals surface area contributed by atoms with Crippen LogP contribution in [0, 0.1) is 0 Å². The monoisotopic (exact) mass is 438 g/mol. The normalized spacial score (nSPS) is 13.5. The first-order valence-corrected chi connectivity index (χ1v) is 10.4. The minimum absolute atomic E-state index is 0.294. The average molecular weight is 439 g/mol. The molecule has 4 rings (SSSR count). The second-order valence-electron chi connectivity index (χ2n) is 7.16. The predicted octanol–water partition coefficient (Wildman–Crippen LogP) is 5.07. The van der Waals surface area contributed by atoms with E-state index in [1.807, 2.05) is 42.5 Å². The first kappa shape index (κ1) is 20.7. The highest BCUT2D eigenvalue weighted by Gasteiger charge is 2.16. The number of halogens is 1. The van der Waals surface area contributed by atoms with Crippen molar-refractivity contribution in [1.29, 1.82) is 0 Å². The van der Waals surface area contributed by atoms with Crippen LogP contribution in [0.3, 0.4) is 0 Å². The molecule has 1 amide bonds. The second-order valence-corrected chi connectivity index (χ2v) is 7.56. The van der Waals surface area contributed by atoms with E-state index >= 15 is 0 Å². The predicted molar refractivity (Wildman–Crippen MR) is 123 cm³/mol. The van der Waals surface area contributed by atoms with E-state index in [1.54, 1.807) is 6.07 Å². The molecule has 1 aliphatic heterocycles. The van der Waals surface area contributed by atoms with Crippen LogP contribution in [0.4, 0.5) is 33.6 Å². The van der Waals surface area contributed by atoms with Crippen molar-refractivity contribution < 1.29 is 9.53 Å². The molecule has 2 aromatic carbocycles. The molecule has 0 unspecified atom stereocenters. The van der Waals surface area contributed by atoms with Gasteiger partial charge >= 0.3 is 6.09 Å². The molecule has 4 N–H and O–H groups in total. The van der Waals surface area contributed by atoms with Gasteiger partial charge in [-0.3, -0.25) is 0 Å². The van der Waals surface area contributed by atoms with Gasteiger partial charge in [0.15, 0.2) is 11.6 Å². The number of nitrogens with zero attached hydrogens (tertiary/aromatic N) is 3. The number of amides is 1. The van der Waals surface area contributed by atoms with Gasteiger partial charge in [-0.05, 0) is 43.5 Å². The molecule has 160 valence electrons. The molecule has 2 heterocycles. The van der Waals surface area contributed by atoms with Gasteiger partial charge in [0, 0.05) is 30.5 Å². The van der Waals surface area contributed by atoms with Gasteiger partial charge in [0.1, 0.15) is 5.02 Å². The lowest BCUT2D eigenvalue weighted by Gasteiger charge is -2.29. The number of para-hydroxylation sites is 1. The maximum atomic E-state index is 11.5. The molecular formula is C22H23ClN6O2. The van der Waals surface area contributed by atoms with Crippen molar-refractivity contribution in [1.82, 2.24) is 9.97 Å². The van der Waals surface area contributed by atoms with Crippen LogP contribution >= 0.6 is 11.6 Å². The van der Waals surface area contributed by atoms with Crippen LogP contribution in [-0.2, 0) is 0 Å². The van der Waals surface area contributed by atoms with Gasteiger partial charge in [0.25, 0.3) is 0 Å². The third-order valence-electron chi connectivity index (χ3n) is 4.92. The molecule has 0 aliphatic carbocycles. The maximum absolute atomic E-state index is 11.5. The Balaban J connectivity index is 1.59. The Hall–Kier alpha value is -3.52. The van der Waals surface area contributed by atoms with E-state index < -0.39 is 6.09 Å². The zero-order valence-corrected chi connectivity index (χ0v) is 17.6. The Labute approximate surface area is 185 Å². The van der Waals surface area contributed by atoms with E-state index in [2.05, 4.69) is 25.5 Å². The molecule has 1 saturated heterocycles. The summed E-state index contributed by atoms with van der Waals surface area (Å²) in [7, 11) is 0. The highest BCUT2D eigenvalue weighted by atomic mass is 35.5. The lowest BCUT2D eigenvalue weighted by molar-refractivity contribution is 0.211. The first-order valence-electron chi connectivity index (χ1n) is 10.1. The SMILES string of the molecule is NC(=O)Oc1cc(N2CCCCC2)ccc1Nc1ncc(Cl)c(Nc2ccccc2)n1. The van der Waals surface area contributed by atoms with E-state index in [1.165, 1.54) is 12.6 Å². The summed E-state index contributed by atoms with van der Waals surface area (Å²) in [5.74, 6) is 1.06. The highest BCUT2D eigenvalue weighted by molar-refractivity contribution is 6.32. The Morgan fingerprint density at radius 3 is 2.58 bits per heavy atom. The van der Waals surface area contributed by atoms with Gasteiger partial charge in [-0.1, -0.05) is 29.8 Å². The topological polar surface area (TPSA) is 105 Å². The van der Waals surface area contributed by atoms with Gasteiger partial charge in [-0.25, -0.2) is 9.78 Å². The highest BCUT2D eigenvalue weighted by Crippen LogP contribution is 2.33. The number of piperidine rings is 1. The number of hydrogen-bond acceptors (Lipinski definition) is 7. The standard InChI is InChI=1S/C22H23ClN6O2/c23-17-14-25-22(28-20(17)26-15-7-3-1-4-8-15)27-18-10-9-16(13-19(18)31-21(24)30)29-11-5-2-6-12-29/h1,3-4,7-10,13-14H,2,5-6,11-12H2,(H2,24,30)(H2,25,26,27,28). The summed E-state index contributed by atoms with van der Waals surface area (Å²) in [5, 5.41) is 6.63. The molecule has 9 heteroatoms. The summed E-state index contributed by atoms with van der Waals surface area (Å²) in [6.07, 6.45) is 4.12. The number of rotatable bonds is 6. The van der Waals surface area contributed by atoms with E-state index in [0.29, 0.717) is 28.2 Å². The Kier molecular flexibility index (Phi) is 6.37. The summed E-state index contributed by atoms with van der Waals surface area (Å²) in [4.78, 5) is 22.4. The number of benzene rings is 2. The van der Waals surface area contributed by atoms with Crippen LogP contribution in [0.5, 0.6) is 5.75 Å². The summed E-state index contributed by atoms with van der Waals surface area (Å²) in [6, 6.07) is 15.2. The molecule has 8 nitrogen and oxygen atoms in total. The van der Waals surface area contributed by atoms with Gasteiger partial charge in [0.2, 0.25) is 5.95 Å². The van der Waals surface area contributed by atoms with Gasteiger partial charge < -0.3 is 26.0 Å². The molecule has 3 aromatic rings. The molecule has 0 bridgehead atoms. The fraction of sp³-hybridized carbons (Fsp3) is 0.227. The van der Waals surface area contributed by atoms with E-state index in [4.69, 9.17) is 22.1 Å². The number of carbonyl (C=O) groups is 1. The van der Waals surface area contributed by atoms with E-state index in [-0.39, 0.29) is 0 Å². The molecule has 31 heavy (non-hydrogen) atoms. The molecule has 0 radical (unpaired) electrons. The molecular weight excluding hydrogens is 416 g/mol. The van der Waals surface area contributed by atoms with Gasteiger partial charge in [0.05, 0.1) is 11.9 Å². The summed E-state index contributed by atoms with van der Waals surface area (Å²) >= 11 is 6.25. The number of nitrogens with two attached hydrogens (primary N) is 1. The quantitative estimate of drug-likeness (QED) is 0.493. The average Bonchev–Trinajstić information content (AvgIpc) is 2.78. The Morgan fingerprint density at radius 2 is 1.84 bits per heavy atom. The van der Waals surface area contributed by atoms with Crippen molar-refractivity contribution in [3.63, 3.8) is 0 Å². The van der Waals surface area contributed by atoms with Crippen molar-refractivity contribution >= 4 is 46.5 Å². The van der Waals surface area contributed by atoms with Crippen LogP contribution in [0.25, 0.3) is 0 Å². The number of hydrogen-bond donors (Lipinski definition) is 3. The van der Waals surface area contributed by atoms with Crippen molar-refractivity contribution in [2.45, 2.75) is 19.3 Å². The number of ether oxygens (including phenoxy) is 1. The van der Waals surface area contributed by atoms with Crippen LogP contribution in [0.1, 0.15) is 19.3 Å². The third-order valence-corrected chi connectivity index (χ3v) is 5.20. The van der Waals surface area contributed by atoms with Crippen LogP contribution in [-0.4, -0.2) is 29.2 Å².